The van der Waals surface area contributed by atoms with Gasteiger partial charge in [-0.25, -0.2) is 8.42 Å². The minimum Gasteiger partial charge on any atom is -0.456 e. The van der Waals surface area contributed by atoms with E-state index in [1.807, 2.05) is 37.3 Å². The quantitative estimate of drug-likeness (QED) is 0.782. The van der Waals surface area contributed by atoms with Crippen molar-refractivity contribution in [1.82, 2.24) is 5.32 Å². The molecule has 0 bridgehead atoms. The summed E-state index contributed by atoms with van der Waals surface area (Å²) in [5.74, 6) is -0.862. The van der Waals surface area contributed by atoms with Crippen LogP contribution in [0.25, 0.3) is 0 Å². The Bertz CT molecular complexity index is 656. The van der Waals surface area contributed by atoms with E-state index >= 15 is 0 Å². The number of rotatable bonds is 6. The van der Waals surface area contributed by atoms with Gasteiger partial charge in [-0.3, -0.25) is 9.59 Å². The lowest BCUT2D eigenvalue weighted by molar-refractivity contribution is -0.149. The fourth-order valence-electron chi connectivity index (χ4n) is 2.53. The summed E-state index contributed by atoms with van der Waals surface area (Å²) < 4.78 is 27.6. The van der Waals surface area contributed by atoms with Gasteiger partial charge in [-0.1, -0.05) is 37.3 Å². The predicted molar refractivity (Wildman–Crippen MR) is 85.6 cm³/mol. The molecule has 6 nitrogen and oxygen atoms in total. The number of nitrogens with one attached hydrogen (secondary N) is 1. The van der Waals surface area contributed by atoms with Crippen LogP contribution in [0.15, 0.2) is 30.3 Å². The molecular formula is C16H21NO5S. The molecule has 0 saturated carbocycles. The van der Waals surface area contributed by atoms with Crippen LogP contribution in [0.1, 0.15) is 31.2 Å². The number of benzene rings is 1. The van der Waals surface area contributed by atoms with E-state index in [-0.39, 0.29) is 36.5 Å². The van der Waals surface area contributed by atoms with E-state index in [1.165, 1.54) is 0 Å². The van der Waals surface area contributed by atoms with Gasteiger partial charge in [-0.2, -0.15) is 0 Å². The maximum Gasteiger partial charge on any atom is 0.306 e. The number of hydrogen-bond acceptors (Lipinski definition) is 5. The Hall–Kier alpha value is -1.89. The second kappa shape index (κ2) is 7.59. The number of carbonyl (C=O) groups is 2. The number of amides is 1. The first kappa shape index (κ1) is 17.5. The van der Waals surface area contributed by atoms with Crippen LogP contribution >= 0.6 is 0 Å². The summed E-state index contributed by atoms with van der Waals surface area (Å²) in [7, 11) is -3.04. The maximum atomic E-state index is 11.8. The van der Waals surface area contributed by atoms with Crippen LogP contribution in [-0.4, -0.2) is 44.4 Å². The molecule has 2 rings (SSSR count). The van der Waals surface area contributed by atoms with Crippen LogP contribution in [0.4, 0.5) is 0 Å². The summed E-state index contributed by atoms with van der Waals surface area (Å²) in [5.41, 5.74) is 1.03. The molecule has 1 aromatic rings. The van der Waals surface area contributed by atoms with Crippen molar-refractivity contribution in [1.29, 1.82) is 0 Å². The Morgan fingerprint density at radius 1 is 1.30 bits per heavy atom. The number of sulfone groups is 1. The highest BCUT2D eigenvalue weighted by Gasteiger charge is 2.29. The second-order valence-corrected chi connectivity index (χ2v) is 8.07. The Morgan fingerprint density at radius 3 is 2.61 bits per heavy atom. The molecule has 0 spiro atoms. The van der Waals surface area contributed by atoms with Crippen molar-refractivity contribution in [2.75, 3.05) is 18.1 Å². The SMILES string of the molecule is C[C@@H](CC(=O)OCC(=O)N[C@@H]1CCS(=O)(=O)C1)c1ccccc1. The highest BCUT2D eigenvalue weighted by atomic mass is 32.2. The number of hydrogen-bond donors (Lipinski definition) is 1. The number of carbonyl (C=O) groups excluding carboxylic acids is 2. The Kier molecular flexibility index (Phi) is 5.76. The summed E-state index contributed by atoms with van der Waals surface area (Å²) in [6.45, 7) is 1.54. The van der Waals surface area contributed by atoms with Crippen LogP contribution < -0.4 is 5.32 Å². The van der Waals surface area contributed by atoms with Crippen LogP contribution in [0.2, 0.25) is 0 Å². The molecule has 1 amide bonds. The zero-order valence-electron chi connectivity index (χ0n) is 13.0. The summed E-state index contributed by atoms with van der Waals surface area (Å²) in [6.07, 6.45) is 0.599. The van der Waals surface area contributed by atoms with E-state index in [0.717, 1.165) is 5.56 Å². The summed E-state index contributed by atoms with van der Waals surface area (Å²) in [4.78, 5) is 23.5. The van der Waals surface area contributed by atoms with Gasteiger partial charge >= 0.3 is 5.97 Å². The molecule has 1 fully saturated rings. The van der Waals surface area contributed by atoms with Crippen molar-refractivity contribution < 1.29 is 22.7 Å². The maximum absolute atomic E-state index is 11.8. The molecule has 23 heavy (non-hydrogen) atoms. The van der Waals surface area contributed by atoms with Crippen molar-refractivity contribution in [2.45, 2.75) is 31.7 Å². The van der Waals surface area contributed by atoms with E-state index < -0.39 is 21.7 Å². The van der Waals surface area contributed by atoms with Gasteiger partial charge < -0.3 is 10.1 Å². The molecule has 1 aliphatic rings. The molecule has 1 saturated heterocycles. The Morgan fingerprint density at radius 2 is 2.00 bits per heavy atom. The van der Waals surface area contributed by atoms with Gasteiger partial charge in [0.25, 0.3) is 5.91 Å². The Balaban J connectivity index is 1.71. The van der Waals surface area contributed by atoms with Gasteiger partial charge in [0.15, 0.2) is 16.4 Å². The van der Waals surface area contributed by atoms with Gasteiger partial charge in [-0.15, -0.1) is 0 Å². The van der Waals surface area contributed by atoms with Crippen molar-refractivity contribution >= 4 is 21.7 Å². The van der Waals surface area contributed by atoms with Crippen molar-refractivity contribution in [2.24, 2.45) is 0 Å². The van der Waals surface area contributed by atoms with E-state index in [1.54, 1.807) is 0 Å². The lowest BCUT2D eigenvalue weighted by Gasteiger charge is -2.13. The zero-order chi connectivity index (χ0) is 16.9. The summed E-state index contributed by atoms with van der Waals surface area (Å²) >= 11 is 0. The first-order valence-electron chi connectivity index (χ1n) is 7.56. The van der Waals surface area contributed by atoms with Gasteiger partial charge in [0.05, 0.1) is 17.9 Å². The minimum absolute atomic E-state index is 0.00624. The Labute approximate surface area is 136 Å². The average molecular weight is 339 g/mol. The largest absolute Gasteiger partial charge is 0.456 e. The number of ether oxygens (including phenoxy) is 1. The van der Waals surface area contributed by atoms with Crippen LogP contribution in [0.3, 0.4) is 0 Å². The molecule has 1 aliphatic heterocycles. The third kappa shape index (κ3) is 5.67. The molecule has 1 N–H and O–H groups in total. The fraction of sp³-hybridized carbons (Fsp3) is 0.500. The van der Waals surface area contributed by atoms with Gasteiger partial charge in [-0.05, 0) is 17.9 Å². The topological polar surface area (TPSA) is 89.5 Å². The zero-order valence-corrected chi connectivity index (χ0v) is 13.8. The van der Waals surface area contributed by atoms with Crippen LogP contribution in [0.5, 0.6) is 0 Å². The van der Waals surface area contributed by atoms with E-state index in [9.17, 15) is 18.0 Å². The predicted octanol–water partition coefficient (Wildman–Crippen LogP) is 1.03. The minimum atomic E-state index is -3.04. The van der Waals surface area contributed by atoms with E-state index in [2.05, 4.69) is 5.32 Å². The molecule has 7 heteroatoms. The highest BCUT2D eigenvalue weighted by Crippen LogP contribution is 2.18. The molecule has 2 atom stereocenters. The van der Waals surface area contributed by atoms with Crippen LogP contribution in [-0.2, 0) is 24.2 Å². The summed E-state index contributed by atoms with van der Waals surface area (Å²) in [6, 6.07) is 9.20. The van der Waals surface area contributed by atoms with Gasteiger partial charge in [0, 0.05) is 6.04 Å². The van der Waals surface area contributed by atoms with Crippen molar-refractivity contribution in [3.8, 4) is 0 Å². The van der Waals surface area contributed by atoms with Crippen molar-refractivity contribution in [3.63, 3.8) is 0 Å². The molecule has 0 aliphatic carbocycles. The van der Waals surface area contributed by atoms with Crippen molar-refractivity contribution in [3.05, 3.63) is 35.9 Å². The van der Waals surface area contributed by atoms with Crippen LogP contribution in [0, 0.1) is 0 Å². The smallest absolute Gasteiger partial charge is 0.306 e. The van der Waals surface area contributed by atoms with E-state index in [4.69, 9.17) is 4.74 Å². The molecular weight excluding hydrogens is 318 g/mol. The molecule has 126 valence electrons. The first-order chi connectivity index (χ1) is 10.9. The first-order valence-corrected chi connectivity index (χ1v) is 9.38. The summed E-state index contributed by atoms with van der Waals surface area (Å²) in [5, 5.41) is 2.58. The normalized spacial score (nSPS) is 20.7. The van der Waals surface area contributed by atoms with Gasteiger partial charge in [0.1, 0.15) is 0 Å². The lowest BCUT2D eigenvalue weighted by atomic mass is 9.98. The monoisotopic (exact) mass is 339 g/mol. The third-order valence-corrected chi connectivity index (χ3v) is 5.57. The second-order valence-electron chi connectivity index (χ2n) is 5.84. The molecule has 0 aromatic heterocycles. The molecule has 1 heterocycles. The average Bonchev–Trinajstić information content (AvgIpc) is 2.85. The third-order valence-electron chi connectivity index (χ3n) is 3.80. The highest BCUT2D eigenvalue weighted by molar-refractivity contribution is 7.91. The fourth-order valence-corrected chi connectivity index (χ4v) is 4.21. The van der Waals surface area contributed by atoms with Gasteiger partial charge in [0.2, 0.25) is 0 Å². The lowest BCUT2D eigenvalue weighted by Crippen LogP contribution is -2.38. The number of esters is 1. The molecule has 1 aromatic carbocycles. The molecule has 0 unspecified atom stereocenters. The standard InChI is InChI=1S/C16H21NO5S/c1-12(13-5-3-2-4-6-13)9-16(19)22-10-15(18)17-14-7-8-23(20,21)11-14/h2-6,12,14H,7-11H2,1H3,(H,17,18)/t12-,14+/m0/s1. The molecule has 0 radical (unpaired) electrons. The van der Waals surface area contributed by atoms with E-state index in [0.29, 0.717) is 6.42 Å².